The van der Waals surface area contributed by atoms with Crippen LogP contribution in [0.2, 0.25) is 0 Å². The van der Waals surface area contributed by atoms with Crippen LogP contribution in [0.3, 0.4) is 0 Å². The van der Waals surface area contributed by atoms with Crippen molar-refractivity contribution in [2.45, 2.75) is 19.6 Å². The molecule has 0 radical (unpaired) electrons. The number of rotatable bonds is 3. The van der Waals surface area contributed by atoms with Gasteiger partial charge in [0.1, 0.15) is 5.01 Å². The van der Waals surface area contributed by atoms with Gasteiger partial charge in [0.05, 0.1) is 5.75 Å². The van der Waals surface area contributed by atoms with Crippen molar-refractivity contribution in [1.29, 1.82) is 0 Å². The van der Waals surface area contributed by atoms with Gasteiger partial charge in [-0.2, -0.15) is 0 Å². The number of nitrogens with zero attached hydrogens (tertiary/aromatic N) is 1. The van der Waals surface area contributed by atoms with Gasteiger partial charge in [-0.3, -0.25) is 4.21 Å². The topological polar surface area (TPSA) is 30.0 Å². The fourth-order valence-electron chi connectivity index (χ4n) is 0.709. The van der Waals surface area contributed by atoms with Gasteiger partial charge in [-0.15, -0.1) is 11.3 Å². The van der Waals surface area contributed by atoms with Gasteiger partial charge < -0.3 is 0 Å². The molecule has 0 N–H and O–H groups in total. The lowest BCUT2D eigenvalue weighted by Gasteiger charge is -1.92. The monoisotopic (exact) mass is 189 g/mol. The summed E-state index contributed by atoms with van der Waals surface area (Å²) in [6.45, 7) is 3.88. The Hall–Kier alpha value is -0.220. The van der Waals surface area contributed by atoms with E-state index in [-0.39, 0.29) is 0 Å². The molecule has 0 aromatic carbocycles. The number of aryl methyl sites for hydroxylation is 1. The SMILES string of the molecule is CCS(=O)Cc1nc(C)cs1. The van der Waals surface area contributed by atoms with Crippen molar-refractivity contribution in [2.24, 2.45) is 0 Å². The third-order valence-corrected chi connectivity index (χ3v) is 3.66. The van der Waals surface area contributed by atoms with E-state index in [0.717, 1.165) is 16.5 Å². The van der Waals surface area contributed by atoms with Crippen LogP contribution in [-0.4, -0.2) is 14.9 Å². The number of aromatic nitrogens is 1. The molecular formula is C7H11NOS2. The third kappa shape index (κ3) is 2.71. The maximum Gasteiger partial charge on any atom is 0.105 e. The summed E-state index contributed by atoms with van der Waals surface area (Å²) in [7, 11) is -0.717. The number of thiazole rings is 1. The van der Waals surface area contributed by atoms with E-state index < -0.39 is 10.8 Å². The number of hydrogen-bond acceptors (Lipinski definition) is 3. The molecule has 1 aromatic rings. The van der Waals surface area contributed by atoms with Crippen molar-refractivity contribution in [2.75, 3.05) is 5.75 Å². The van der Waals surface area contributed by atoms with E-state index in [9.17, 15) is 4.21 Å². The molecule has 0 saturated heterocycles. The van der Waals surface area contributed by atoms with Crippen molar-refractivity contribution in [3.63, 3.8) is 0 Å². The van der Waals surface area contributed by atoms with Gasteiger partial charge in [0.2, 0.25) is 0 Å². The van der Waals surface area contributed by atoms with Crippen molar-refractivity contribution in [1.82, 2.24) is 4.98 Å². The second kappa shape index (κ2) is 3.97. The van der Waals surface area contributed by atoms with Crippen LogP contribution >= 0.6 is 11.3 Å². The largest absolute Gasteiger partial charge is 0.259 e. The van der Waals surface area contributed by atoms with E-state index in [4.69, 9.17) is 0 Å². The summed E-state index contributed by atoms with van der Waals surface area (Å²) < 4.78 is 11.1. The zero-order valence-corrected chi connectivity index (χ0v) is 8.30. The molecule has 0 amide bonds. The molecule has 0 bridgehead atoms. The van der Waals surface area contributed by atoms with Crippen molar-refractivity contribution in [3.05, 3.63) is 16.1 Å². The molecule has 0 aliphatic heterocycles. The molecule has 4 heteroatoms. The van der Waals surface area contributed by atoms with E-state index in [2.05, 4.69) is 4.98 Å². The zero-order chi connectivity index (χ0) is 8.27. The standard InChI is InChI=1S/C7H11NOS2/c1-3-11(9)5-7-8-6(2)4-10-7/h4H,3,5H2,1-2H3. The second-order valence-corrected chi connectivity index (χ2v) is 4.94. The van der Waals surface area contributed by atoms with E-state index in [1.54, 1.807) is 11.3 Å². The predicted octanol–water partition coefficient (Wildman–Crippen LogP) is 1.72. The molecular weight excluding hydrogens is 178 g/mol. The van der Waals surface area contributed by atoms with Crippen LogP contribution < -0.4 is 0 Å². The highest BCUT2D eigenvalue weighted by molar-refractivity contribution is 7.84. The van der Waals surface area contributed by atoms with Crippen LogP contribution in [-0.2, 0) is 16.6 Å². The summed E-state index contributed by atoms with van der Waals surface area (Å²) in [5, 5.41) is 2.98. The Morgan fingerprint density at radius 1 is 1.73 bits per heavy atom. The summed E-state index contributed by atoms with van der Waals surface area (Å²) in [5.74, 6) is 1.34. The number of hydrogen-bond donors (Lipinski definition) is 0. The average Bonchev–Trinajstić information content (AvgIpc) is 2.35. The van der Waals surface area contributed by atoms with Crippen LogP contribution in [0.4, 0.5) is 0 Å². The van der Waals surface area contributed by atoms with E-state index in [1.165, 1.54) is 0 Å². The molecule has 1 heterocycles. The maximum atomic E-state index is 11.1. The van der Waals surface area contributed by atoms with Crippen molar-refractivity contribution >= 4 is 22.1 Å². The van der Waals surface area contributed by atoms with E-state index in [1.807, 2.05) is 19.2 Å². The lowest BCUT2D eigenvalue weighted by atomic mass is 10.6. The molecule has 0 fully saturated rings. The molecule has 0 aliphatic carbocycles. The fraction of sp³-hybridized carbons (Fsp3) is 0.571. The van der Waals surface area contributed by atoms with E-state index >= 15 is 0 Å². The van der Waals surface area contributed by atoms with Crippen LogP contribution in [0.25, 0.3) is 0 Å². The third-order valence-electron chi connectivity index (χ3n) is 1.27. The van der Waals surface area contributed by atoms with Gasteiger partial charge in [-0.25, -0.2) is 4.98 Å². The van der Waals surface area contributed by atoms with Gasteiger partial charge in [0.25, 0.3) is 0 Å². The van der Waals surface area contributed by atoms with Crippen LogP contribution in [0.15, 0.2) is 5.38 Å². The van der Waals surface area contributed by atoms with Crippen molar-refractivity contribution in [3.8, 4) is 0 Å². The molecule has 11 heavy (non-hydrogen) atoms. The predicted molar refractivity (Wildman–Crippen MR) is 49.2 cm³/mol. The van der Waals surface area contributed by atoms with Crippen LogP contribution in [0.5, 0.6) is 0 Å². The molecule has 0 aliphatic rings. The highest BCUT2D eigenvalue weighted by atomic mass is 32.2. The van der Waals surface area contributed by atoms with Gasteiger partial charge in [0.15, 0.2) is 0 Å². The van der Waals surface area contributed by atoms with Crippen LogP contribution in [0.1, 0.15) is 17.6 Å². The first kappa shape index (κ1) is 8.87. The summed E-state index contributed by atoms with van der Waals surface area (Å²) in [4.78, 5) is 4.22. The normalized spacial score (nSPS) is 13.3. The average molecular weight is 189 g/mol. The minimum absolute atomic E-state index is 0.620. The summed E-state index contributed by atoms with van der Waals surface area (Å²) in [5.41, 5.74) is 1.03. The lowest BCUT2D eigenvalue weighted by Crippen LogP contribution is -1.96. The minimum Gasteiger partial charge on any atom is -0.259 e. The Kier molecular flexibility index (Phi) is 3.20. The highest BCUT2D eigenvalue weighted by Crippen LogP contribution is 2.10. The molecule has 62 valence electrons. The minimum atomic E-state index is -0.717. The molecule has 1 rings (SSSR count). The zero-order valence-electron chi connectivity index (χ0n) is 6.66. The first-order valence-electron chi connectivity index (χ1n) is 3.48. The molecule has 1 atom stereocenters. The van der Waals surface area contributed by atoms with Gasteiger partial charge in [0, 0.05) is 27.6 Å². The summed E-state index contributed by atoms with van der Waals surface area (Å²) in [6, 6.07) is 0. The summed E-state index contributed by atoms with van der Waals surface area (Å²) in [6.07, 6.45) is 0. The van der Waals surface area contributed by atoms with Crippen molar-refractivity contribution < 1.29 is 4.21 Å². The Labute approximate surface area is 73.1 Å². The van der Waals surface area contributed by atoms with Gasteiger partial charge in [-0.05, 0) is 6.92 Å². The van der Waals surface area contributed by atoms with E-state index in [0.29, 0.717) is 5.75 Å². The quantitative estimate of drug-likeness (QED) is 0.724. The highest BCUT2D eigenvalue weighted by Gasteiger charge is 2.01. The molecule has 1 aromatic heterocycles. The Morgan fingerprint density at radius 3 is 2.91 bits per heavy atom. The Morgan fingerprint density at radius 2 is 2.45 bits per heavy atom. The van der Waals surface area contributed by atoms with Gasteiger partial charge >= 0.3 is 0 Å². The molecule has 0 saturated carbocycles. The summed E-state index contributed by atoms with van der Waals surface area (Å²) >= 11 is 1.59. The second-order valence-electron chi connectivity index (χ2n) is 2.26. The first-order valence-corrected chi connectivity index (χ1v) is 5.85. The smallest absolute Gasteiger partial charge is 0.105 e. The van der Waals surface area contributed by atoms with Gasteiger partial charge in [-0.1, -0.05) is 6.92 Å². The first-order chi connectivity index (χ1) is 5.22. The Balaban J connectivity index is 2.57. The Bertz CT molecular complexity index is 257. The fourth-order valence-corrected chi connectivity index (χ4v) is 2.48. The molecule has 2 nitrogen and oxygen atoms in total. The maximum absolute atomic E-state index is 11.1. The van der Waals surface area contributed by atoms with Crippen LogP contribution in [0, 0.1) is 6.92 Å². The molecule has 1 unspecified atom stereocenters. The lowest BCUT2D eigenvalue weighted by molar-refractivity contribution is 0.683. The molecule has 0 spiro atoms.